The van der Waals surface area contributed by atoms with Crippen molar-refractivity contribution in [2.24, 2.45) is 0 Å². The van der Waals surface area contributed by atoms with Crippen LogP contribution in [-0.2, 0) is 0 Å². The monoisotopic (exact) mass is 399 g/mol. The third-order valence-electron chi connectivity index (χ3n) is 4.66. The van der Waals surface area contributed by atoms with Crippen LogP contribution in [0.25, 0.3) is 22.4 Å². The highest BCUT2D eigenvalue weighted by atomic mass is 32.1. The maximum absolute atomic E-state index is 12.5. The van der Waals surface area contributed by atoms with Gasteiger partial charge in [-0.1, -0.05) is 54.6 Å². The largest absolute Gasteiger partial charge is 0.378 e. The van der Waals surface area contributed by atoms with Crippen molar-refractivity contribution in [3.63, 3.8) is 0 Å². The number of amides is 1. The molecule has 0 spiro atoms. The van der Waals surface area contributed by atoms with Gasteiger partial charge in [-0.2, -0.15) is 0 Å². The fourth-order valence-electron chi connectivity index (χ4n) is 3.01. The maximum atomic E-state index is 12.5. The number of thiazole rings is 1. The summed E-state index contributed by atoms with van der Waals surface area (Å²) >= 11 is 1.42. The Kier molecular flexibility index (Phi) is 5.40. The average molecular weight is 400 g/mol. The molecule has 0 atom stereocenters. The van der Waals surface area contributed by atoms with E-state index >= 15 is 0 Å². The molecule has 1 aromatic heterocycles. The average Bonchev–Trinajstić information content (AvgIpc) is 3.23. The summed E-state index contributed by atoms with van der Waals surface area (Å²) in [7, 11) is 3.94. The van der Waals surface area contributed by atoms with Crippen LogP contribution in [0.4, 0.5) is 10.8 Å². The van der Waals surface area contributed by atoms with Crippen LogP contribution in [0, 0.1) is 0 Å². The SMILES string of the molecule is CN(C)c1ccc(C(=O)Nc2nc(-c3ccc(-c4ccccc4)cc3)cs2)cc1. The third kappa shape index (κ3) is 4.36. The number of hydrogen-bond acceptors (Lipinski definition) is 4. The second kappa shape index (κ2) is 8.29. The van der Waals surface area contributed by atoms with E-state index in [1.54, 1.807) is 0 Å². The topological polar surface area (TPSA) is 45.2 Å². The first kappa shape index (κ1) is 18.9. The van der Waals surface area contributed by atoms with Crippen molar-refractivity contribution in [3.8, 4) is 22.4 Å². The number of carbonyl (C=O) groups excluding carboxylic acids is 1. The minimum absolute atomic E-state index is 0.157. The zero-order chi connectivity index (χ0) is 20.2. The molecular formula is C24H21N3OS. The molecule has 1 amide bonds. The van der Waals surface area contributed by atoms with Gasteiger partial charge in [-0.05, 0) is 35.4 Å². The van der Waals surface area contributed by atoms with Crippen LogP contribution in [0.5, 0.6) is 0 Å². The number of hydrogen-bond donors (Lipinski definition) is 1. The van der Waals surface area contributed by atoms with Crippen LogP contribution >= 0.6 is 11.3 Å². The highest BCUT2D eigenvalue weighted by molar-refractivity contribution is 7.14. The molecule has 0 aliphatic carbocycles. The number of aromatic nitrogens is 1. The van der Waals surface area contributed by atoms with Crippen molar-refractivity contribution in [1.82, 2.24) is 4.98 Å². The molecule has 0 bridgehead atoms. The zero-order valence-electron chi connectivity index (χ0n) is 16.3. The molecule has 0 saturated heterocycles. The van der Waals surface area contributed by atoms with Gasteiger partial charge in [0.05, 0.1) is 5.69 Å². The molecule has 4 aromatic rings. The Labute approximate surface area is 174 Å². The number of anilines is 2. The number of benzene rings is 3. The van der Waals surface area contributed by atoms with Gasteiger partial charge in [0.2, 0.25) is 0 Å². The van der Waals surface area contributed by atoms with Gasteiger partial charge >= 0.3 is 0 Å². The standard InChI is InChI=1S/C24H21N3OS/c1-27(2)21-14-12-20(13-15-21)23(28)26-24-25-22(16-29-24)19-10-8-18(9-11-19)17-6-4-3-5-7-17/h3-16H,1-2H3,(H,25,26,28). The fraction of sp³-hybridized carbons (Fsp3) is 0.0833. The molecule has 4 nitrogen and oxygen atoms in total. The van der Waals surface area contributed by atoms with Gasteiger partial charge in [0, 0.05) is 36.3 Å². The van der Waals surface area contributed by atoms with Crippen molar-refractivity contribution in [2.75, 3.05) is 24.3 Å². The van der Waals surface area contributed by atoms with Crippen LogP contribution in [0.15, 0.2) is 84.2 Å². The van der Waals surface area contributed by atoms with Crippen molar-refractivity contribution in [1.29, 1.82) is 0 Å². The second-order valence-corrected chi connectivity index (χ2v) is 7.73. The molecule has 0 radical (unpaired) electrons. The summed E-state index contributed by atoms with van der Waals surface area (Å²) < 4.78 is 0. The highest BCUT2D eigenvalue weighted by Crippen LogP contribution is 2.28. The lowest BCUT2D eigenvalue weighted by Gasteiger charge is -2.12. The predicted octanol–water partition coefficient (Wildman–Crippen LogP) is 5.80. The van der Waals surface area contributed by atoms with Crippen LogP contribution in [0.3, 0.4) is 0 Å². The Balaban J connectivity index is 1.46. The lowest BCUT2D eigenvalue weighted by atomic mass is 10.0. The van der Waals surface area contributed by atoms with E-state index in [0.717, 1.165) is 16.9 Å². The molecule has 5 heteroatoms. The predicted molar refractivity (Wildman–Crippen MR) is 122 cm³/mol. The van der Waals surface area contributed by atoms with Gasteiger partial charge in [0.25, 0.3) is 5.91 Å². The third-order valence-corrected chi connectivity index (χ3v) is 5.42. The van der Waals surface area contributed by atoms with Crippen LogP contribution < -0.4 is 10.2 Å². The number of rotatable bonds is 5. The van der Waals surface area contributed by atoms with E-state index in [-0.39, 0.29) is 5.91 Å². The van der Waals surface area contributed by atoms with E-state index in [1.165, 1.54) is 22.5 Å². The lowest BCUT2D eigenvalue weighted by molar-refractivity contribution is 0.102. The fourth-order valence-corrected chi connectivity index (χ4v) is 3.72. The van der Waals surface area contributed by atoms with E-state index in [2.05, 4.69) is 46.7 Å². The first-order valence-electron chi connectivity index (χ1n) is 9.30. The summed E-state index contributed by atoms with van der Waals surface area (Å²) in [5.41, 5.74) is 5.89. The first-order valence-corrected chi connectivity index (χ1v) is 10.2. The zero-order valence-corrected chi connectivity index (χ0v) is 17.1. The smallest absolute Gasteiger partial charge is 0.257 e. The van der Waals surface area contributed by atoms with Crippen LogP contribution in [-0.4, -0.2) is 25.0 Å². The summed E-state index contributed by atoms with van der Waals surface area (Å²) in [5.74, 6) is -0.157. The molecule has 144 valence electrons. The van der Waals surface area contributed by atoms with Gasteiger partial charge in [-0.15, -0.1) is 11.3 Å². The van der Waals surface area contributed by atoms with Crippen LogP contribution in [0.1, 0.15) is 10.4 Å². The molecule has 0 unspecified atom stereocenters. The summed E-state index contributed by atoms with van der Waals surface area (Å²) in [6, 6.07) is 26.1. The Morgan fingerprint density at radius 2 is 1.45 bits per heavy atom. The number of carbonyl (C=O) groups is 1. The lowest BCUT2D eigenvalue weighted by Crippen LogP contribution is -2.13. The molecule has 3 aromatic carbocycles. The quantitative estimate of drug-likeness (QED) is 0.462. The summed E-state index contributed by atoms with van der Waals surface area (Å²) in [6.07, 6.45) is 0. The Bertz CT molecular complexity index is 1100. The number of nitrogens with one attached hydrogen (secondary N) is 1. The summed E-state index contributed by atoms with van der Waals surface area (Å²) in [4.78, 5) is 19.1. The van der Waals surface area contributed by atoms with E-state index < -0.39 is 0 Å². The Morgan fingerprint density at radius 1 is 0.828 bits per heavy atom. The van der Waals surface area contributed by atoms with Gasteiger partial charge in [0.15, 0.2) is 5.13 Å². The van der Waals surface area contributed by atoms with Crippen molar-refractivity contribution in [3.05, 3.63) is 89.8 Å². The van der Waals surface area contributed by atoms with Gasteiger partial charge < -0.3 is 4.90 Å². The molecule has 0 aliphatic rings. The van der Waals surface area contributed by atoms with E-state index in [4.69, 9.17) is 0 Å². The van der Waals surface area contributed by atoms with Crippen LogP contribution in [0.2, 0.25) is 0 Å². The van der Waals surface area contributed by atoms with E-state index in [0.29, 0.717) is 10.7 Å². The Morgan fingerprint density at radius 3 is 2.10 bits per heavy atom. The normalized spacial score (nSPS) is 10.6. The molecule has 0 saturated carbocycles. The summed E-state index contributed by atoms with van der Waals surface area (Å²) in [5, 5.41) is 5.44. The maximum Gasteiger partial charge on any atom is 0.257 e. The van der Waals surface area contributed by atoms with E-state index in [1.807, 2.05) is 66.8 Å². The first-order chi connectivity index (χ1) is 14.1. The van der Waals surface area contributed by atoms with Gasteiger partial charge in [0.1, 0.15) is 0 Å². The van der Waals surface area contributed by atoms with E-state index in [9.17, 15) is 4.79 Å². The molecule has 4 rings (SSSR count). The Hall–Kier alpha value is -3.44. The second-order valence-electron chi connectivity index (χ2n) is 6.88. The minimum atomic E-state index is -0.157. The molecule has 0 aliphatic heterocycles. The molecule has 29 heavy (non-hydrogen) atoms. The van der Waals surface area contributed by atoms with Crippen molar-refractivity contribution >= 4 is 28.1 Å². The molecule has 1 N–H and O–H groups in total. The van der Waals surface area contributed by atoms with Crippen molar-refractivity contribution < 1.29 is 4.79 Å². The highest BCUT2D eigenvalue weighted by Gasteiger charge is 2.10. The van der Waals surface area contributed by atoms with Crippen molar-refractivity contribution in [2.45, 2.75) is 0 Å². The molecule has 1 heterocycles. The molecule has 0 fully saturated rings. The number of nitrogens with zero attached hydrogens (tertiary/aromatic N) is 2. The minimum Gasteiger partial charge on any atom is -0.378 e. The van der Waals surface area contributed by atoms with Gasteiger partial charge in [-0.25, -0.2) is 4.98 Å². The van der Waals surface area contributed by atoms with Gasteiger partial charge in [-0.3, -0.25) is 10.1 Å². The molecular weight excluding hydrogens is 378 g/mol. The summed E-state index contributed by atoms with van der Waals surface area (Å²) in [6.45, 7) is 0.